The maximum absolute atomic E-state index is 12.7. The minimum Gasteiger partial charge on any atom is -0.454 e. The van der Waals surface area contributed by atoms with Gasteiger partial charge >= 0.3 is 0 Å². The van der Waals surface area contributed by atoms with Crippen LogP contribution in [-0.4, -0.2) is 45.7 Å². The molecule has 0 spiro atoms. The quantitative estimate of drug-likeness (QED) is 0.677. The summed E-state index contributed by atoms with van der Waals surface area (Å²) in [6.07, 6.45) is 1.68. The number of carbonyl (C=O) groups excluding carboxylic acids is 1. The fraction of sp³-hybridized carbons (Fsp3) is 0.333. The molecule has 1 aromatic heterocycles. The Balaban J connectivity index is 1.25. The van der Waals surface area contributed by atoms with Crippen LogP contribution >= 0.6 is 0 Å². The molecule has 8 heteroatoms. The van der Waals surface area contributed by atoms with Crippen molar-refractivity contribution in [2.45, 2.75) is 25.3 Å². The summed E-state index contributed by atoms with van der Waals surface area (Å²) < 4.78 is 12.2. The van der Waals surface area contributed by atoms with Crippen LogP contribution < -0.4 is 15.0 Å². The van der Waals surface area contributed by atoms with Gasteiger partial charge in [0, 0.05) is 13.1 Å². The average Bonchev–Trinajstić information content (AvgIpc) is 3.22. The summed E-state index contributed by atoms with van der Waals surface area (Å²) in [5, 5.41) is 8.86. The molecule has 8 nitrogen and oxygen atoms in total. The Morgan fingerprint density at radius 3 is 2.72 bits per heavy atom. The van der Waals surface area contributed by atoms with E-state index in [1.165, 1.54) is 4.68 Å². The highest BCUT2D eigenvalue weighted by molar-refractivity contribution is 5.79. The lowest BCUT2D eigenvalue weighted by molar-refractivity contribution is -0.131. The number of hydrogen-bond donors (Lipinski definition) is 0. The van der Waals surface area contributed by atoms with E-state index in [4.69, 9.17) is 9.47 Å². The number of hydrogen-bond acceptors (Lipinski definition) is 6. The van der Waals surface area contributed by atoms with Gasteiger partial charge in [-0.05, 0) is 42.7 Å². The number of aromatic nitrogens is 3. The third-order valence-corrected chi connectivity index (χ3v) is 5.55. The lowest BCUT2D eigenvalue weighted by Gasteiger charge is -2.32. The molecule has 0 N–H and O–H groups in total. The molecule has 0 radical (unpaired) electrons. The van der Waals surface area contributed by atoms with Gasteiger partial charge in [0.2, 0.25) is 12.7 Å². The number of benzene rings is 2. The molecule has 0 aliphatic carbocycles. The van der Waals surface area contributed by atoms with E-state index in [0.29, 0.717) is 54.8 Å². The molecule has 3 heterocycles. The first-order chi connectivity index (χ1) is 14.2. The second-order valence-corrected chi connectivity index (χ2v) is 7.33. The number of fused-ring (bicyclic) bond motifs is 2. The molecule has 2 aliphatic heterocycles. The van der Waals surface area contributed by atoms with E-state index in [9.17, 15) is 9.59 Å². The molecule has 5 rings (SSSR count). The Morgan fingerprint density at radius 2 is 1.86 bits per heavy atom. The zero-order chi connectivity index (χ0) is 19.8. The minimum atomic E-state index is -0.124. The van der Waals surface area contributed by atoms with Gasteiger partial charge in [0.15, 0.2) is 11.5 Å². The molecule has 1 saturated heterocycles. The molecule has 1 amide bonds. The zero-order valence-electron chi connectivity index (χ0n) is 15.8. The Hall–Kier alpha value is -3.42. The predicted molar refractivity (Wildman–Crippen MR) is 105 cm³/mol. The third-order valence-electron chi connectivity index (χ3n) is 5.55. The van der Waals surface area contributed by atoms with Crippen molar-refractivity contribution in [2.75, 3.05) is 19.9 Å². The van der Waals surface area contributed by atoms with Crippen LogP contribution in [0.2, 0.25) is 0 Å². The topological polar surface area (TPSA) is 86.6 Å². The Labute approximate surface area is 166 Å². The van der Waals surface area contributed by atoms with Crippen LogP contribution in [0.3, 0.4) is 0 Å². The van der Waals surface area contributed by atoms with Gasteiger partial charge in [-0.25, -0.2) is 4.68 Å². The van der Waals surface area contributed by atoms with Crippen LogP contribution in [0.4, 0.5) is 0 Å². The zero-order valence-corrected chi connectivity index (χ0v) is 15.8. The van der Waals surface area contributed by atoms with Crippen LogP contribution in [0.15, 0.2) is 47.3 Å². The summed E-state index contributed by atoms with van der Waals surface area (Å²) in [5.74, 6) is 1.46. The molecule has 3 aromatic rings. The van der Waals surface area contributed by atoms with Gasteiger partial charge in [-0.2, -0.15) is 0 Å². The van der Waals surface area contributed by atoms with Crippen molar-refractivity contribution in [1.82, 2.24) is 19.9 Å². The molecule has 148 valence electrons. The SMILES string of the molecule is O=C(Cc1ccc2c(c1)OCO2)N1CCC(n2nnc3ccccc3c2=O)CC1. The molecule has 29 heavy (non-hydrogen) atoms. The molecule has 0 saturated carbocycles. The number of carbonyl (C=O) groups is 1. The summed E-state index contributed by atoms with van der Waals surface area (Å²) in [5.41, 5.74) is 1.38. The number of piperidine rings is 1. The molecule has 2 aliphatic rings. The molecular formula is C21H20N4O4. The first-order valence-electron chi connectivity index (χ1n) is 9.69. The summed E-state index contributed by atoms with van der Waals surface area (Å²) in [6, 6.07) is 12.8. The van der Waals surface area contributed by atoms with Gasteiger partial charge in [-0.1, -0.05) is 23.4 Å². The van der Waals surface area contributed by atoms with Gasteiger partial charge in [-0.15, -0.1) is 5.10 Å². The average molecular weight is 392 g/mol. The summed E-state index contributed by atoms with van der Waals surface area (Å²) in [6.45, 7) is 1.40. The highest BCUT2D eigenvalue weighted by Gasteiger charge is 2.26. The largest absolute Gasteiger partial charge is 0.454 e. The van der Waals surface area contributed by atoms with Crippen LogP contribution in [0.25, 0.3) is 10.9 Å². The molecule has 2 aromatic carbocycles. The van der Waals surface area contributed by atoms with E-state index in [1.807, 2.05) is 35.2 Å². The van der Waals surface area contributed by atoms with Gasteiger partial charge in [0.1, 0.15) is 5.52 Å². The predicted octanol–water partition coefficient (Wildman–Crippen LogP) is 1.93. The maximum Gasteiger partial charge on any atom is 0.277 e. The molecule has 0 atom stereocenters. The molecule has 1 fully saturated rings. The van der Waals surface area contributed by atoms with Gasteiger partial charge in [-0.3, -0.25) is 9.59 Å². The summed E-state index contributed by atoms with van der Waals surface area (Å²) >= 11 is 0. The van der Waals surface area contributed by atoms with Gasteiger partial charge in [0.05, 0.1) is 17.8 Å². The highest BCUT2D eigenvalue weighted by atomic mass is 16.7. The normalized spacial score (nSPS) is 16.3. The van der Waals surface area contributed by atoms with E-state index in [-0.39, 0.29) is 24.3 Å². The maximum atomic E-state index is 12.7. The second-order valence-electron chi connectivity index (χ2n) is 7.33. The van der Waals surface area contributed by atoms with E-state index in [2.05, 4.69) is 10.3 Å². The van der Waals surface area contributed by atoms with E-state index >= 15 is 0 Å². The third kappa shape index (κ3) is 3.30. The molecular weight excluding hydrogens is 372 g/mol. The summed E-state index contributed by atoms with van der Waals surface area (Å²) in [4.78, 5) is 27.3. The van der Waals surface area contributed by atoms with E-state index in [0.717, 1.165) is 5.56 Å². The van der Waals surface area contributed by atoms with Crippen molar-refractivity contribution < 1.29 is 14.3 Å². The Morgan fingerprint density at radius 1 is 1.07 bits per heavy atom. The van der Waals surface area contributed by atoms with Crippen LogP contribution in [-0.2, 0) is 11.2 Å². The Kier molecular flexibility index (Phi) is 4.38. The first-order valence-corrected chi connectivity index (χ1v) is 9.69. The smallest absolute Gasteiger partial charge is 0.277 e. The lowest BCUT2D eigenvalue weighted by Crippen LogP contribution is -2.42. The van der Waals surface area contributed by atoms with Crippen LogP contribution in [0, 0.1) is 0 Å². The number of rotatable bonds is 3. The number of likely N-dealkylation sites (tertiary alicyclic amines) is 1. The van der Waals surface area contributed by atoms with Crippen molar-refractivity contribution in [3.8, 4) is 11.5 Å². The fourth-order valence-corrected chi connectivity index (χ4v) is 3.94. The molecule has 0 unspecified atom stereocenters. The number of nitrogens with zero attached hydrogens (tertiary/aromatic N) is 4. The van der Waals surface area contributed by atoms with Crippen LogP contribution in [0.1, 0.15) is 24.4 Å². The van der Waals surface area contributed by atoms with Crippen molar-refractivity contribution in [2.24, 2.45) is 0 Å². The van der Waals surface area contributed by atoms with Crippen molar-refractivity contribution in [3.05, 3.63) is 58.4 Å². The van der Waals surface area contributed by atoms with E-state index < -0.39 is 0 Å². The van der Waals surface area contributed by atoms with Gasteiger partial charge < -0.3 is 14.4 Å². The molecule has 0 bridgehead atoms. The standard InChI is InChI=1S/C21H20N4O4/c26-20(12-14-5-6-18-19(11-14)29-13-28-18)24-9-7-15(8-10-24)25-21(27)16-3-1-2-4-17(16)22-23-25/h1-6,11,15H,7-10,12-13H2. The summed E-state index contributed by atoms with van der Waals surface area (Å²) in [7, 11) is 0. The van der Waals surface area contributed by atoms with Crippen LogP contribution in [0.5, 0.6) is 11.5 Å². The first kappa shape index (κ1) is 17.7. The fourth-order valence-electron chi connectivity index (χ4n) is 3.94. The number of amides is 1. The van der Waals surface area contributed by atoms with E-state index in [1.54, 1.807) is 12.1 Å². The lowest BCUT2D eigenvalue weighted by atomic mass is 10.0. The minimum absolute atomic E-state index is 0.0470. The van der Waals surface area contributed by atoms with Crippen molar-refractivity contribution in [3.63, 3.8) is 0 Å². The van der Waals surface area contributed by atoms with Crippen molar-refractivity contribution in [1.29, 1.82) is 0 Å². The highest BCUT2D eigenvalue weighted by Crippen LogP contribution is 2.32. The monoisotopic (exact) mass is 392 g/mol. The van der Waals surface area contributed by atoms with Crippen molar-refractivity contribution >= 4 is 16.8 Å². The number of ether oxygens (including phenoxy) is 2. The Bertz CT molecular complexity index is 1130. The second kappa shape index (κ2) is 7.20. The van der Waals surface area contributed by atoms with Gasteiger partial charge in [0.25, 0.3) is 5.56 Å².